The summed E-state index contributed by atoms with van der Waals surface area (Å²) in [4.78, 5) is 37.3. The first kappa shape index (κ1) is 16.8. The summed E-state index contributed by atoms with van der Waals surface area (Å²) in [5.41, 5.74) is -0.0247. The number of aryl methyl sites for hydroxylation is 2. The van der Waals surface area contributed by atoms with Crippen LogP contribution < -0.4 is 16.6 Å². The molecule has 25 heavy (non-hydrogen) atoms. The Morgan fingerprint density at radius 1 is 1.24 bits per heavy atom. The average molecular weight is 344 g/mol. The SMILES string of the molecule is CCCn1c(C(=O)NCc2ccco2)cc2c(=O)n(C)c(=O)n(C)c21. The Hall–Kier alpha value is -3.03. The van der Waals surface area contributed by atoms with Gasteiger partial charge in [-0.25, -0.2) is 4.79 Å². The first-order valence-corrected chi connectivity index (χ1v) is 8.05. The van der Waals surface area contributed by atoms with Gasteiger partial charge in [0.15, 0.2) is 0 Å². The van der Waals surface area contributed by atoms with Gasteiger partial charge >= 0.3 is 5.69 Å². The van der Waals surface area contributed by atoms with Crippen molar-refractivity contribution in [2.24, 2.45) is 14.1 Å². The Morgan fingerprint density at radius 2 is 2.00 bits per heavy atom. The first-order chi connectivity index (χ1) is 12.0. The molecule has 1 amide bonds. The number of amides is 1. The maximum Gasteiger partial charge on any atom is 0.332 e. The number of carbonyl (C=O) groups is 1. The molecule has 0 fully saturated rings. The minimum Gasteiger partial charge on any atom is -0.467 e. The van der Waals surface area contributed by atoms with Crippen molar-refractivity contribution < 1.29 is 9.21 Å². The molecule has 0 aliphatic heterocycles. The molecule has 0 atom stereocenters. The summed E-state index contributed by atoms with van der Waals surface area (Å²) in [6.07, 6.45) is 2.29. The minimum absolute atomic E-state index is 0.246. The van der Waals surface area contributed by atoms with E-state index in [-0.39, 0.29) is 12.5 Å². The van der Waals surface area contributed by atoms with E-state index in [2.05, 4.69) is 5.32 Å². The zero-order chi connectivity index (χ0) is 18.1. The van der Waals surface area contributed by atoms with Gasteiger partial charge in [0.25, 0.3) is 11.5 Å². The first-order valence-electron chi connectivity index (χ1n) is 8.05. The van der Waals surface area contributed by atoms with E-state index >= 15 is 0 Å². The fraction of sp³-hybridized carbons (Fsp3) is 0.353. The highest BCUT2D eigenvalue weighted by Crippen LogP contribution is 2.16. The Kier molecular flexibility index (Phi) is 4.35. The minimum atomic E-state index is -0.421. The van der Waals surface area contributed by atoms with E-state index in [0.29, 0.717) is 29.0 Å². The number of fused-ring (bicyclic) bond motifs is 1. The fourth-order valence-corrected chi connectivity index (χ4v) is 2.95. The van der Waals surface area contributed by atoms with Crippen LogP contribution in [-0.2, 0) is 27.2 Å². The summed E-state index contributed by atoms with van der Waals surface area (Å²) in [6.45, 7) is 2.74. The second-order valence-corrected chi connectivity index (χ2v) is 5.89. The van der Waals surface area contributed by atoms with Gasteiger partial charge in [0.1, 0.15) is 17.1 Å². The van der Waals surface area contributed by atoms with Crippen molar-refractivity contribution >= 4 is 16.9 Å². The van der Waals surface area contributed by atoms with Crippen LogP contribution >= 0.6 is 0 Å². The number of hydrogen-bond acceptors (Lipinski definition) is 4. The predicted molar refractivity (Wildman–Crippen MR) is 92.6 cm³/mol. The van der Waals surface area contributed by atoms with Crippen LogP contribution in [0.2, 0.25) is 0 Å². The summed E-state index contributed by atoms with van der Waals surface area (Å²) >= 11 is 0. The molecule has 3 rings (SSSR count). The number of rotatable bonds is 5. The van der Waals surface area contributed by atoms with Crippen molar-refractivity contribution in [1.82, 2.24) is 19.0 Å². The normalized spacial score (nSPS) is 11.2. The van der Waals surface area contributed by atoms with Gasteiger partial charge < -0.3 is 14.3 Å². The van der Waals surface area contributed by atoms with Crippen molar-refractivity contribution in [3.8, 4) is 0 Å². The van der Waals surface area contributed by atoms with Gasteiger partial charge in [0.05, 0.1) is 18.2 Å². The van der Waals surface area contributed by atoms with Crippen molar-refractivity contribution in [3.05, 3.63) is 56.8 Å². The molecule has 1 N–H and O–H groups in total. The zero-order valence-electron chi connectivity index (χ0n) is 14.4. The molecule has 3 aromatic heterocycles. The van der Waals surface area contributed by atoms with Gasteiger partial charge in [0.2, 0.25) is 0 Å². The van der Waals surface area contributed by atoms with Gasteiger partial charge in [-0.05, 0) is 24.6 Å². The lowest BCUT2D eigenvalue weighted by Crippen LogP contribution is -2.37. The number of aromatic nitrogens is 3. The van der Waals surface area contributed by atoms with Gasteiger partial charge in [0, 0.05) is 20.6 Å². The van der Waals surface area contributed by atoms with Crippen molar-refractivity contribution in [2.45, 2.75) is 26.4 Å². The van der Waals surface area contributed by atoms with Gasteiger partial charge in [-0.1, -0.05) is 6.92 Å². The third kappa shape index (κ3) is 2.79. The standard InChI is InChI=1S/C17H20N4O4/c1-4-7-21-13(14(22)18-10-11-6-5-8-25-11)9-12-15(21)19(2)17(24)20(3)16(12)23/h5-6,8-9H,4,7,10H2,1-3H3,(H,18,22). The molecule has 3 heterocycles. The molecule has 0 bridgehead atoms. The maximum atomic E-state index is 12.6. The highest BCUT2D eigenvalue weighted by molar-refractivity contribution is 5.97. The quantitative estimate of drug-likeness (QED) is 0.747. The van der Waals surface area contributed by atoms with E-state index in [1.165, 1.54) is 17.9 Å². The number of nitrogens with one attached hydrogen (secondary N) is 1. The highest BCUT2D eigenvalue weighted by atomic mass is 16.3. The molecule has 0 spiro atoms. The summed E-state index contributed by atoms with van der Waals surface area (Å²) in [6, 6.07) is 5.06. The second-order valence-electron chi connectivity index (χ2n) is 5.89. The molecule has 0 aromatic carbocycles. The van der Waals surface area contributed by atoms with E-state index in [1.54, 1.807) is 29.8 Å². The molecule has 0 saturated carbocycles. The Morgan fingerprint density at radius 3 is 2.64 bits per heavy atom. The molecule has 8 heteroatoms. The third-order valence-electron chi connectivity index (χ3n) is 4.18. The van der Waals surface area contributed by atoms with E-state index < -0.39 is 11.2 Å². The van der Waals surface area contributed by atoms with Crippen LogP contribution in [0.4, 0.5) is 0 Å². The summed E-state index contributed by atoms with van der Waals surface area (Å²) in [5, 5.41) is 3.13. The van der Waals surface area contributed by atoms with Crippen LogP contribution in [0.25, 0.3) is 11.0 Å². The van der Waals surface area contributed by atoms with E-state index in [0.717, 1.165) is 11.0 Å². The lowest BCUT2D eigenvalue weighted by molar-refractivity contribution is 0.0939. The molecule has 132 valence electrons. The lowest BCUT2D eigenvalue weighted by atomic mass is 10.3. The number of nitrogens with zero attached hydrogens (tertiary/aromatic N) is 3. The molecule has 3 aromatic rings. The molecular weight excluding hydrogens is 324 g/mol. The van der Waals surface area contributed by atoms with Crippen molar-refractivity contribution in [3.63, 3.8) is 0 Å². The number of furan rings is 1. The second kappa shape index (κ2) is 6.46. The zero-order valence-corrected chi connectivity index (χ0v) is 14.4. The van der Waals surface area contributed by atoms with Gasteiger partial charge in [-0.2, -0.15) is 0 Å². The lowest BCUT2D eigenvalue weighted by Gasteiger charge is -2.12. The molecule has 0 saturated heterocycles. The van der Waals surface area contributed by atoms with E-state index in [4.69, 9.17) is 4.42 Å². The van der Waals surface area contributed by atoms with Crippen LogP contribution in [0.15, 0.2) is 38.5 Å². The monoisotopic (exact) mass is 344 g/mol. The summed E-state index contributed by atoms with van der Waals surface area (Å²) in [5.74, 6) is 0.311. The summed E-state index contributed by atoms with van der Waals surface area (Å²) in [7, 11) is 3.03. The Labute approximate surface area is 143 Å². The third-order valence-corrected chi connectivity index (χ3v) is 4.18. The van der Waals surface area contributed by atoms with Crippen LogP contribution in [0.3, 0.4) is 0 Å². The molecule has 8 nitrogen and oxygen atoms in total. The van der Waals surface area contributed by atoms with Gasteiger partial charge in [-0.3, -0.25) is 18.7 Å². The fourth-order valence-electron chi connectivity index (χ4n) is 2.95. The predicted octanol–water partition coefficient (Wildman–Crippen LogP) is 0.972. The maximum absolute atomic E-state index is 12.6. The molecule has 0 aliphatic rings. The van der Waals surface area contributed by atoms with Crippen LogP contribution in [0.5, 0.6) is 0 Å². The van der Waals surface area contributed by atoms with E-state index in [1.807, 2.05) is 6.92 Å². The van der Waals surface area contributed by atoms with Crippen LogP contribution in [-0.4, -0.2) is 19.6 Å². The van der Waals surface area contributed by atoms with E-state index in [9.17, 15) is 14.4 Å². The topological polar surface area (TPSA) is 91.2 Å². The van der Waals surface area contributed by atoms with Crippen LogP contribution in [0, 0.1) is 0 Å². The molecule has 0 aliphatic carbocycles. The van der Waals surface area contributed by atoms with Crippen molar-refractivity contribution in [1.29, 1.82) is 0 Å². The van der Waals surface area contributed by atoms with Crippen molar-refractivity contribution in [2.75, 3.05) is 0 Å². The Balaban J connectivity index is 2.11. The smallest absolute Gasteiger partial charge is 0.332 e. The highest BCUT2D eigenvalue weighted by Gasteiger charge is 2.20. The number of hydrogen-bond donors (Lipinski definition) is 1. The summed E-state index contributed by atoms with van der Waals surface area (Å²) < 4.78 is 9.37. The molecular formula is C17H20N4O4. The van der Waals surface area contributed by atoms with Gasteiger partial charge in [-0.15, -0.1) is 0 Å². The Bertz CT molecular complexity index is 1040. The van der Waals surface area contributed by atoms with Crippen LogP contribution in [0.1, 0.15) is 29.6 Å². The molecule has 0 radical (unpaired) electrons. The largest absolute Gasteiger partial charge is 0.467 e. The average Bonchev–Trinajstić information content (AvgIpc) is 3.24. The number of carbonyl (C=O) groups excluding carboxylic acids is 1. The molecule has 0 unspecified atom stereocenters.